The van der Waals surface area contributed by atoms with Crippen molar-refractivity contribution in [2.75, 3.05) is 0 Å². The first-order valence-electron chi connectivity index (χ1n) is 9.55. The molecule has 0 aliphatic heterocycles. The van der Waals surface area contributed by atoms with Crippen LogP contribution in [-0.2, 0) is 0 Å². The third-order valence-corrected chi connectivity index (χ3v) is 8.48. The van der Waals surface area contributed by atoms with Gasteiger partial charge in [-0.2, -0.15) is 0 Å². The average Bonchev–Trinajstić information content (AvgIpc) is 2.73. The molecule has 0 aromatic carbocycles. The Morgan fingerprint density at radius 1 is 1.21 bits per heavy atom. The molecule has 4 aliphatic carbocycles. The zero-order valence-electron chi connectivity index (χ0n) is 14.8. The summed E-state index contributed by atoms with van der Waals surface area (Å²) in [5, 5.41) is 32.4. The largest absolute Gasteiger partial charge is 0.390 e. The van der Waals surface area contributed by atoms with E-state index in [0.717, 1.165) is 19.3 Å². The van der Waals surface area contributed by atoms with Gasteiger partial charge >= 0.3 is 0 Å². The quantitative estimate of drug-likeness (QED) is 0.473. The third-order valence-electron chi connectivity index (χ3n) is 8.48. The van der Waals surface area contributed by atoms with Crippen molar-refractivity contribution in [3.05, 3.63) is 11.6 Å². The highest BCUT2D eigenvalue weighted by Crippen LogP contribution is 2.66. The fourth-order valence-corrected chi connectivity index (χ4v) is 7.06. The van der Waals surface area contributed by atoms with Crippen molar-refractivity contribution in [1.82, 2.24) is 0 Å². The van der Waals surface area contributed by atoms with Gasteiger partial charge in [-0.25, -0.2) is 0 Å². The second kappa shape index (κ2) is 5.10. The van der Waals surface area contributed by atoms with Crippen molar-refractivity contribution in [3.63, 3.8) is 0 Å². The lowest BCUT2D eigenvalue weighted by molar-refractivity contribution is -0.117. The fourth-order valence-electron chi connectivity index (χ4n) is 7.06. The summed E-state index contributed by atoms with van der Waals surface area (Å²) in [5.74, 6) is 3.14. The van der Waals surface area contributed by atoms with E-state index in [2.05, 4.69) is 18.9 Å². The van der Waals surface area contributed by atoms with Gasteiger partial charge in [-0.15, -0.1) is 6.42 Å². The highest BCUT2D eigenvalue weighted by molar-refractivity contribution is 5.32. The summed E-state index contributed by atoms with van der Waals surface area (Å²) in [6, 6.07) is 0. The van der Waals surface area contributed by atoms with E-state index in [0.29, 0.717) is 11.8 Å². The summed E-state index contributed by atoms with van der Waals surface area (Å²) in [5.41, 5.74) is -0.402. The second-order valence-electron chi connectivity index (χ2n) is 9.19. The standard InChI is InChI=1S/C21H30O3/c1-4-21(24)18(23)17(22)16-14-9-8-13-7-5-6-11-19(13,2)15(14)10-12-20(16,21)3/h1,8,14-18,22-24H,5-7,9-12H2,2-3H3/t14?,15?,16?,17-,18+,19+,20+,21+/m1/s1. The molecule has 132 valence electrons. The van der Waals surface area contributed by atoms with Crippen LogP contribution in [0.15, 0.2) is 11.6 Å². The topological polar surface area (TPSA) is 60.7 Å². The molecule has 3 heteroatoms. The van der Waals surface area contributed by atoms with Crippen LogP contribution in [0, 0.1) is 40.9 Å². The average molecular weight is 330 g/mol. The van der Waals surface area contributed by atoms with Crippen LogP contribution in [-0.4, -0.2) is 33.1 Å². The first-order valence-corrected chi connectivity index (χ1v) is 9.55. The lowest BCUT2D eigenvalue weighted by atomic mass is 9.47. The van der Waals surface area contributed by atoms with Gasteiger partial charge in [-0.3, -0.25) is 0 Å². The molecule has 0 amide bonds. The number of hydrogen-bond donors (Lipinski definition) is 3. The smallest absolute Gasteiger partial charge is 0.159 e. The monoisotopic (exact) mass is 330 g/mol. The highest BCUT2D eigenvalue weighted by atomic mass is 16.4. The molecule has 0 aromatic rings. The first kappa shape index (κ1) is 16.6. The number of aliphatic hydroxyl groups excluding tert-OH is 2. The molecule has 0 radical (unpaired) electrons. The number of terminal acetylenes is 1. The zero-order valence-corrected chi connectivity index (χ0v) is 14.8. The molecule has 3 nitrogen and oxygen atoms in total. The number of allylic oxidation sites excluding steroid dienone is 2. The fraction of sp³-hybridized carbons (Fsp3) is 0.810. The number of aliphatic hydroxyl groups is 3. The molecule has 24 heavy (non-hydrogen) atoms. The molecule has 0 aromatic heterocycles. The molecule has 3 unspecified atom stereocenters. The van der Waals surface area contributed by atoms with E-state index >= 15 is 0 Å². The third kappa shape index (κ3) is 1.75. The van der Waals surface area contributed by atoms with Gasteiger partial charge in [0.2, 0.25) is 0 Å². The maximum absolute atomic E-state index is 11.0. The summed E-state index contributed by atoms with van der Waals surface area (Å²) in [6.07, 6.45) is 13.6. The van der Waals surface area contributed by atoms with E-state index in [-0.39, 0.29) is 11.3 Å². The van der Waals surface area contributed by atoms with Gasteiger partial charge in [0.1, 0.15) is 6.10 Å². The molecule has 3 saturated carbocycles. The Labute approximate surface area is 145 Å². The van der Waals surface area contributed by atoms with E-state index in [1.54, 1.807) is 5.57 Å². The van der Waals surface area contributed by atoms with Crippen molar-refractivity contribution in [1.29, 1.82) is 0 Å². The van der Waals surface area contributed by atoms with Crippen LogP contribution in [0.5, 0.6) is 0 Å². The number of fused-ring (bicyclic) bond motifs is 5. The Morgan fingerprint density at radius 2 is 1.96 bits per heavy atom. The molecule has 4 rings (SSSR count). The van der Waals surface area contributed by atoms with Gasteiger partial charge in [0.25, 0.3) is 0 Å². The number of rotatable bonds is 0. The first-order chi connectivity index (χ1) is 11.3. The van der Waals surface area contributed by atoms with E-state index < -0.39 is 23.2 Å². The predicted molar refractivity (Wildman–Crippen MR) is 92.9 cm³/mol. The van der Waals surface area contributed by atoms with Crippen LogP contribution in [0.1, 0.15) is 58.8 Å². The molecule has 0 saturated heterocycles. The highest BCUT2D eigenvalue weighted by Gasteiger charge is 2.70. The van der Waals surface area contributed by atoms with E-state index in [4.69, 9.17) is 6.42 Å². The van der Waals surface area contributed by atoms with Crippen molar-refractivity contribution in [2.24, 2.45) is 28.6 Å². The molecule has 0 heterocycles. The molecule has 0 spiro atoms. The van der Waals surface area contributed by atoms with Crippen molar-refractivity contribution >= 4 is 0 Å². The predicted octanol–water partition coefficient (Wildman–Crippen LogP) is 2.65. The van der Waals surface area contributed by atoms with E-state index in [1.165, 1.54) is 25.7 Å². The Hall–Kier alpha value is -0.820. The van der Waals surface area contributed by atoms with Crippen LogP contribution < -0.4 is 0 Å². The van der Waals surface area contributed by atoms with Crippen LogP contribution in [0.25, 0.3) is 0 Å². The maximum Gasteiger partial charge on any atom is 0.159 e. The molecule has 0 bridgehead atoms. The van der Waals surface area contributed by atoms with Gasteiger partial charge in [-0.1, -0.05) is 37.8 Å². The Balaban J connectivity index is 1.77. The van der Waals surface area contributed by atoms with Crippen molar-refractivity contribution < 1.29 is 15.3 Å². The minimum absolute atomic E-state index is 0.135. The Bertz CT molecular complexity index is 619. The van der Waals surface area contributed by atoms with Gasteiger partial charge in [0.15, 0.2) is 5.60 Å². The normalized spacial score (nSPS) is 56.5. The molecular formula is C21H30O3. The SMILES string of the molecule is C#C[C@]1(O)[C@@H](O)[C@H](O)C2C3CC=C4CCCC[C@]4(C)C3CC[C@@]21C. The molecule has 8 atom stereocenters. The summed E-state index contributed by atoms with van der Waals surface area (Å²) in [4.78, 5) is 0. The van der Waals surface area contributed by atoms with Gasteiger partial charge < -0.3 is 15.3 Å². The Kier molecular flexibility index (Phi) is 3.53. The van der Waals surface area contributed by atoms with Crippen LogP contribution in [0.4, 0.5) is 0 Å². The van der Waals surface area contributed by atoms with Crippen molar-refractivity contribution in [2.45, 2.75) is 76.6 Å². The summed E-state index contributed by atoms with van der Waals surface area (Å²) in [6.45, 7) is 4.39. The second-order valence-corrected chi connectivity index (χ2v) is 9.19. The molecule has 4 aliphatic rings. The lowest BCUT2D eigenvalue weighted by Crippen LogP contribution is -2.55. The lowest BCUT2D eigenvalue weighted by Gasteiger charge is -2.58. The molecular weight excluding hydrogens is 300 g/mol. The van der Waals surface area contributed by atoms with Crippen molar-refractivity contribution in [3.8, 4) is 12.3 Å². The zero-order chi connectivity index (χ0) is 17.3. The molecule has 3 fully saturated rings. The summed E-state index contributed by atoms with van der Waals surface area (Å²) in [7, 11) is 0. The van der Waals surface area contributed by atoms with Gasteiger partial charge in [-0.05, 0) is 55.8 Å². The van der Waals surface area contributed by atoms with E-state index in [1.807, 2.05) is 6.92 Å². The summed E-state index contributed by atoms with van der Waals surface area (Å²) < 4.78 is 0. The van der Waals surface area contributed by atoms with Crippen LogP contribution in [0.2, 0.25) is 0 Å². The number of hydrogen-bond acceptors (Lipinski definition) is 3. The summed E-state index contributed by atoms with van der Waals surface area (Å²) >= 11 is 0. The van der Waals surface area contributed by atoms with Gasteiger partial charge in [0, 0.05) is 11.3 Å². The van der Waals surface area contributed by atoms with Crippen LogP contribution >= 0.6 is 0 Å². The molecule has 3 N–H and O–H groups in total. The minimum atomic E-state index is -1.63. The van der Waals surface area contributed by atoms with E-state index in [9.17, 15) is 15.3 Å². The minimum Gasteiger partial charge on any atom is -0.390 e. The Morgan fingerprint density at radius 3 is 2.67 bits per heavy atom. The van der Waals surface area contributed by atoms with Crippen LogP contribution in [0.3, 0.4) is 0 Å². The maximum atomic E-state index is 11.0. The van der Waals surface area contributed by atoms with Gasteiger partial charge in [0.05, 0.1) is 6.10 Å².